The monoisotopic (exact) mass is 158 g/mol. The van der Waals surface area contributed by atoms with Crippen LogP contribution in [0.2, 0.25) is 4.55 Å². The highest BCUT2D eigenvalue weighted by atomic mass is 24.5. The molecule has 0 aliphatic rings. The Morgan fingerprint density at radius 1 is 1.27 bits per heavy atom. The van der Waals surface area contributed by atoms with Crippen LogP contribution in [0.25, 0.3) is 0 Å². The Kier molecular flexibility index (Phi) is 4.24. The van der Waals surface area contributed by atoms with Crippen molar-refractivity contribution in [3.8, 4) is 0 Å². The molecule has 0 saturated carbocycles. The van der Waals surface area contributed by atoms with E-state index in [1.807, 2.05) is 6.07 Å². The smallest absolute Gasteiger partial charge is 0.303 e. The summed E-state index contributed by atoms with van der Waals surface area (Å²) in [6.07, 6.45) is 1.75. The summed E-state index contributed by atoms with van der Waals surface area (Å²) >= 11 is -0.154. The summed E-state index contributed by atoms with van der Waals surface area (Å²) in [5.41, 5.74) is 0. The molecule has 0 fully saturated rings. The summed E-state index contributed by atoms with van der Waals surface area (Å²) in [5, 5.41) is 0. The van der Waals surface area contributed by atoms with E-state index in [0.29, 0.717) is 0 Å². The van der Waals surface area contributed by atoms with E-state index < -0.39 is 0 Å². The summed E-state index contributed by atoms with van der Waals surface area (Å²) in [6, 6.07) is 10.4. The molecule has 0 spiro atoms. The highest BCUT2D eigenvalue weighted by molar-refractivity contribution is 6.53. The molecule has 1 rings (SSSR count). The standard InChI is InChI=1S/C6H5.C3H5O.Mg/c1-2-4-6-5-3-1;1-2-3-4;/h1-5H;3H,1-2H2;. The summed E-state index contributed by atoms with van der Waals surface area (Å²) < 4.78 is 2.56. The molecule has 0 aliphatic heterocycles. The highest BCUT2D eigenvalue weighted by Crippen LogP contribution is 1.86. The zero-order chi connectivity index (χ0) is 7.94. The third-order valence-electron chi connectivity index (χ3n) is 1.63. The molecular weight excluding hydrogens is 148 g/mol. The number of carbonyl (C=O) groups is 1. The number of aldehydes is 1. The van der Waals surface area contributed by atoms with Gasteiger partial charge in [0.15, 0.2) is 0 Å². The fraction of sp³-hybridized carbons (Fsp3) is 0.222. The minimum Gasteiger partial charge on any atom is -0.303 e. The molecule has 54 valence electrons. The van der Waals surface area contributed by atoms with Crippen molar-refractivity contribution in [2.75, 3.05) is 0 Å². The van der Waals surface area contributed by atoms with Crippen LogP contribution < -0.4 is 3.69 Å². The maximum Gasteiger partial charge on any atom is 0.409 e. The molecule has 0 N–H and O–H groups in total. The number of carbonyl (C=O) groups excluding carboxylic acids is 1. The zero-order valence-corrected chi connectivity index (χ0v) is 7.91. The van der Waals surface area contributed by atoms with Gasteiger partial charge in [0.05, 0.1) is 0 Å². The summed E-state index contributed by atoms with van der Waals surface area (Å²) in [5.74, 6) is 0. The lowest BCUT2D eigenvalue weighted by Gasteiger charge is -1.93. The molecule has 1 aromatic rings. The molecule has 0 heterocycles. The van der Waals surface area contributed by atoms with Gasteiger partial charge in [-0.05, 0) is 6.42 Å². The topological polar surface area (TPSA) is 17.1 Å². The van der Waals surface area contributed by atoms with Gasteiger partial charge in [-0.15, -0.1) is 4.55 Å². The lowest BCUT2D eigenvalue weighted by Crippen LogP contribution is -2.12. The van der Waals surface area contributed by atoms with E-state index in [-0.39, 0.29) is 20.4 Å². The normalized spacial score (nSPS) is 8.73. The second-order valence-electron chi connectivity index (χ2n) is 2.54. The van der Waals surface area contributed by atoms with Gasteiger partial charge in [-0.3, -0.25) is 0 Å². The lowest BCUT2D eigenvalue weighted by atomic mass is 10.4. The third kappa shape index (κ3) is 3.53. The third-order valence-corrected chi connectivity index (χ3v) is 3.44. The Balaban J connectivity index is 2.33. The first-order valence-corrected chi connectivity index (χ1v) is 5.62. The zero-order valence-electron chi connectivity index (χ0n) is 6.49. The van der Waals surface area contributed by atoms with Crippen LogP contribution in [0.1, 0.15) is 6.42 Å². The largest absolute Gasteiger partial charge is 0.409 e. The fourth-order valence-electron chi connectivity index (χ4n) is 1.03. The van der Waals surface area contributed by atoms with Gasteiger partial charge >= 0.3 is 20.4 Å². The molecule has 11 heavy (non-hydrogen) atoms. The molecule has 0 aliphatic carbocycles. The first-order valence-electron chi connectivity index (χ1n) is 3.91. The fourth-order valence-corrected chi connectivity index (χ4v) is 2.42. The van der Waals surface area contributed by atoms with E-state index in [1.54, 1.807) is 0 Å². The molecule has 2 heteroatoms. The quantitative estimate of drug-likeness (QED) is 0.363. The van der Waals surface area contributed by atoms with Crippen LogP contribution in [0, 0.1) is 0 Å². The van der Waals surface area contributed by atoms with E-state index in [0.717, 1.165) is 17.3 Å². The molecular formula is C9H10MgO. The van der Waals surface area contributed by atoms with Gasteiger partial charge in [-0.1, -0.05) is 30.3 Å². The first kappa shape index (κ1) is 8.75. The lowest BCUT2D eigenvalue weighted by molar-refractivity contribution is -0.107. The molecule has 0 unspecified atom stereocenters. The second kappa shape index (κ2) is 5.33. The Morgan fingerprint density at radius 2 is 2.00 bits per heavy atom. The Labute approximate surface area is 76.5 Å². The molecule has 0 saturated heterocycles. The number of hydrogen-bond donors (Lipinski definition) is 0. The van der Waals surface area contributed by atoms with E-state index in [2.05, 4.69) is 24.3 Å². The van der Waals surface area contributed by atoms with Gasteiger partial charge in [-0.25, -0.2) is 0 Å². The van der Waals surface area contributed by atoms with Crippen molar-refractivity contribution in [3.63, 3.8) is 0 Å². The van der Waals surface area contributed by atoms with Crippen molar-refractivity contribution in [3.05, 3.63) is 30.3 Å². The molecule has 0 radical (unpaired) electrons. The predicted molar refractivity (Wildman–Crippen MR) is 47.3 cm³/mol. The van der Waals surface area contributed by atoms with Crippen LogP contribution in [0.15, 0.2) is 30.3 Å². The maximum atomic E-state index is 10.0. The van der Waals surface area contributed by atoms with Crippen LogP contribution in [-0.2, 0) is 4.79 Å². The van der Waals surface area contributed by atoms with Crippen molar-refractivity contribution in [2.24, 2.45) is 0 Å². The van der Waals surface area contributed by atoms with Gasteiger partial charge in [0.2, 0.25) is 0 Å². The minimum absolute atomic E-state index is 0.154. The molecule has 0 aromatic heterocycles. The van der Waals surface area contributed by atoms with Crippen LogP contribution in [0.3, 0.4) is 0 Å². The van der Waals surface area contributed by atoms with Gasteiger partial charge in [0.25, 0.3) is 0 Å². The average molecular weight is 158 g/mol. The van der Waals surface area contributed by atoms with Crippen molar-refractivity contribution in [1.29, 1.82) is 0 Å². The van der Waals surface area contributed by atoms with Gasteiger partial charge < -0.3 is 4.79 Å². The molecule has 0 bridgehead atoms. The summed E-state index contributed by atoms with van der Waals surface area (Å²) in [6.45, 7) is 0. The van der Waals surface area contributed by atoms with Crippen LogP contribution in [-0.4, -0.2) is 26.7 Å². The Bertz CT molecular complexity index is 208. The molecule has 1 aromatic carbocycles. The van der Waals surface area contributed by atoms with Gasteiger partial charge in [-0.2, -0.15) is 3.69 Å². The van der Waals surface area contributed by atoms with E-state index in [1.165, 1.54) is 3.69 Å². The van der Waals surface area contributed by atoms with Crippen molar-refractivity contribution < 1.29 is 4.79 Å². The van der Waals surface area contributed by atoms with Crippen molar-refractivity contribution in [2.45, 2.75) is 11.0 Å². The van der Waals surface area contributed by atoms with Crippen LogP contribution in [0.4, 0.5) is 0 Å². The number of rotatable bonds is 4. The van der Waals surface area contributed by atoms with Crippen LogP contribution >= 0.6 is 0 Å². The highest BCUT2D eigenvalue weighted by Gasteiger charge is 1.95. The first-order chi connectivity index (χ1) is 5.43. The maximum absolute atomic E-state index is 10.0. The Morgan fingerprint density at radius 3 is 2.64 bits per heavy atom. The van der Waals surface area contributed by atoms with Crippen molar-refractivity contribution >= 4 is 30.3 Å². The average Bonchev–Trinajstić information content (AvgIpc) is 2.07. The van der Waals surface area contributed by atoms with E-state index in [9.17, 15) is 4.79 Å². The van der Waals surface area contributed by atoms with Gasteiger partial charge in [0.1, 0.15) is 6.29 Å². The van der Waals surface area contributed by atoms with Crippen molar-refractivity contribution in [1.82, 2.24) is 0 Å². The van der Waals surface area contributed by atoms with E-state index >= 15 is 0 Å². The number of benzene rings is 1. The second-order valence-corrected chi connectivity index (χ2v) is 4.57. The van der Waals surface area contributed by atoms with Crippen LogP contribution in [0.5, 0.6) is 0 Å². The molecule has 1 nitrogen and oxygen atoms in total. The molecule has 0 atom stereocenters. The SMILES string of the molecule is O=CC[CH2][Mg][c]1ccccc1. The summed E-state index contributed by atoms with van der Waals surface area (Å²) in [7, 11) is 0. The summed E-state index contributed by atoms with van der Waals surface area (Å²) in [4.78, 5) is 10.0. The van der Waals surface area contributed by atoms with Gasteiger partial charge in [0, 0.05) is 0 Å². The Hall–Kier alpha value is -0.344. The van der Waals surface area contributed by atoms with E-state index in [4.69, 9.17) is 0 Å². The minimum atomic E-state index is -0.154. The number of hydrogen-bond acceptors (Lipinski definition) is 1. The molecule has 0 amide bonds. The predicted octanol–water partition coefficient (Wildman–Crippen LogP) is 1.02.